The molecule has 4 aliphatic rings. The molecule has 0 aromatic heterocycles. The number of carbonyl (C=O) groups is 1. The van der Waals surface area contributed by atoms with Gasteiger partial charge in [-0.15, -0.1) is 0 Å². The summed E-state index contributed by atoms with van der Waals surface area (Å²) in [5.74, 6) is 0.342. The zero-order valence-electron chi connectivity index (χ0n) is 16.6. The molecule has 1 N–H and O–H groups in total. The van der Waals surface area contributed by atoms with E-state index in [0.29, 0.717) is 0 Å². The lowest BCUT2D eigenvalue weighted by molar-refractivity contribution is -0.170. The first-order chi connectivity index (χ1) is 13.6. The molecule has 1 saturated carbocycles. The SMILES string of the molecule is CC=C1CN2CC[C@]34C(=Nc5ccc(OC)cc53)C2C[C@@H]1C4(CO)C(=O)OC. The van der Waals surface area contributed by atoms with E-state index < -0.39 is 10.8 Å². The molecule has 6 heteroatoms. The number of hydrogen-bond donors (Lipinski definition) is 1. The molecule has 6 nitrogen and oxygen atoms in total. The molecule has 4 atom stereocenters. The summed E-state index contributed by atoms with van der Waals surface area (Å²) in [6.45, 7) is 3.45. The minimum atomic E-state index is -1.07. The summed E-state index contributed by atoms with van der Waals surface area (Å²) in [5.41, 5.74) is 2.39. The smallest absolute Gasteiger partial charge is 0.316 e. The number of benzene rings is 1. The number of allylic oxidation sites excluding steroid dienone is 1. The molecule has 0 spiro atoms. The third-order valence-electron chi connectivity index (χ3n) is 7.69. The Balaban J connectivity index is 1.85. The molecule has 3 bridgehead atoms. The number of esters is 1. The largest absolute Gasteiger partial charge is 0.497 e. The summed E-state index contributed by atoms with van der Waals surface area (Å²) < 4.78 is 10.9. The highest BCUT2D eigenvalue weighted by atomic mass is 16.5. The molecule has 3 aliphatic heterocycles. The van der Waals surface area contributed by atoms with Crippen molar-refractivity contribution in [1.29, 1.82) is 0 Å². The van der Waals surface area contributed by atoms with Crippen molar-refractivity contribution >= 4 is 17.4 Å². The van der Waals surface area contributed by atoms with E-state index in [-0.39, 0.29) is 24.5 Å². The Morgan fingerprint density at radius 1 is 1.43 bits per heavy atom. The predicted octanol–water partition coefficient (Wildman–Crippen LogP) is 2.22. The fraction of sp³-hybridized carbons (Fsp3) is 0.545. The van der Waals surface area contributed by atoms with Crippen molar-refractivity contribution in [3.8, 4) is 5.75 Å². The minimum Gasteiger partial charge on any atom is -0.497 e. The lowest BCUT2D eigenvalue weighted by atomic mass is 9.43. The van der Waals surface area contributed by atoms with Crippen molar-refractivity contribution in [2.24, 2.45) is 16.3 Å². The van der Waals surface area contributed by atoms with Gasteiger partial charge in [-0.25, -0.2) is 0 Å². The van der Waals surface area contributed by atoms with Crippen LogP contribution in [0.4, 0.5) is 5.69 Å². The average molecular weight is 382 g/mol. The van der Waals surface area contributed by atoms with Crippen LogP contribution in [0.15, 0.2) is 34.8 Å². The van der Waals surface area contributed by atoms with Gasteiger partial charge in [0.1, 0.15) is 11.2 Å². The highest BCUT2D eigenvalue weighted by Gasteiger charge is 2.73. The van der Waals surface area contributed by atoms with Crippen LogP contribution < -0.4 is 4.74 Å². The molecule has 5 rings (SSSR count). The maximum absolute atomic E-state index is 13.5. The summed E-state index contributed by atoms with van der Waals surface area (Å²) in [5, 5.41) is 10.9. The van der Waals surface area contributed by atoms with Crippen LogP contribution in [0.5, 0.6) is 5.75 Å². The first kappa shape index (κ1) is 17.9. The van der Waals surface area contributed by atoms with Gasteiger partial charge in [0.05, 0.1) is 38.0 Å². The maximum atomic E-state index is 13.5. The number of aliphatic imine (C=N–C) groups is 1. The molecular weight excluding hydrogens is 356 g/mol. The number of piperidine rings is 2. The zero-order chi connectivity index (χ0) is 19.7. The number of rotatable bonds is 3. The number of methoxy groups -OCH3 is 2. The Labute approximate surface area is 164 Å². The van der Waals surface area contributed by atoms with E-state index >= 15 is 0 Å². The highest BCUT2D eigenvalue weighted by molar-refractivity contribution is 6.11. The van der Waals surface area contributed by atoms with Crippen LogP contribution in [-0.4, -0.2) is 61.6 Å². The lowest BCUT2D eigenvalue weighted by Gasteiger charge is -2.64. The molecule has 3 fully saturated rings. The standard InChI is InChI=1S/C22H26N2O4/c1-4-13-11-24-8-7-21-16-9-14(27-2)5-6-17(16)23-19(21)18(24)10-15(13)22(21,12-25)20(26)28-3/h4-6,9,15,18,25H,7-8,10-12H2,1-3H3/t15-,18?,21+,22?/m0/s1. The number of carbonyl (C=O) groups excluding carboxylic acids is 1. The Bertz CT molecular complexity index is 923. The Kier molecular flexibility index (Phi) is 3.77. The Morgan fingerprint density at radius 3 is 2.93 bits per heavy atom. The number of fused-ring (bicyclic) bond motifs is 2. The molecule has 0 radical (unpaired) electrons. The minimum absolute atomic E-state index is 0.0624. The fourth-order valence-corrected chi connectivity index (χ4v) is 6.48. The van der Waals surface area contributed by atoms with Gasteiger partial charge >= 0.3 is 5.97 Å². The van der Waals surface area contributed by atoms with Gasteiger partial charge in [0, 0.05) is 24.7 Å². The monoisotopic (exact) mass is 382 g/mol. The molecular formula is C22H26N2O4. The van der Waals surface area contributed by atoms with E-state index in [4.69, 9.17) is 14.5 Å². The number of aliphatic hydroxyl groups excluding tert-OH is 1. The summed E-state index contributed by atoms with van der Waals surface area (Å²) >= 11 is 0. The third kappa shape index (κ3) is 1.81. The number of aliphatic hydroxyl groups is 1. The number of ether oxygens (including phenoxy) is 2. The Morgan fingerprint density at radius 2 is 2.25 bits per heavy atom. The van der Waals surface area contributed by atoms with E-state index in [1.807, 2.05) is 25.1 Å². The Hall–Kier alpha value is -2.18. The van der Waals surface area contributed by atoms with E-state index in [1.165, 1.54) is 12.7 Å². The van der Waals surface area contributed by atoms with E-state index in [1.54, 1.807) is 7.11 Å². The van der Waals surface area contributed by atoms with Crippen LogP contribution in [0.3, 0.4) is 0 Å². The van der Waals surface area contributed by atoms with Gasteiger partial charge in [-0.3, -0.25) is 14.7 Å². The first-order valence-corrected chi connectivity index (χ1v) is 9.93. The molecule has 2 saturated heterocycles. The van der Waals surface area contributed by atoms with Gasteiger partial charge in [0.25, 0.3) is 0 Å². The van der Waals surface area contributed by atoms with Crippen LogP contribution >= 0.6 is 0 Å². The van der Waals surface area contributed by atoms with Crippen LogP contribution in [0, 0.1) is 11.3 Å². The van der Waals surface area contributed by atoms with Crippen molar-refractivity contribution in [3.05, 3.63) is 35.4 Å². The normalized spacial score (nSPS) is 36.7. The van der Waals surface area contributed by atoms with Crippen LogP contribution in [-0.2, 0) is 14.9 Å². The van der Waals surface area contributed by atoms with Gasteiger partial charge < -0.3 is 14.6 Å². The highest BCUT2D eigenvalue weighted by Crippen LogP contribution is 2.66. The maximum Gasteiger partial charge on any atom is 0.316 e. The van der Waals surface area contributed by atoms with Crippen LogP contribution in [0.1, 0.15) is 25.3 Å². The quantitative estimate of drug-likeness (QED) is 0.641. The summed E-state index contributed by atoms with van der Waals surface area (Å²) in [7, 11) is 3.07. The van der Waals surface area contributed by atoms with Gasteiger partial charge in [-0.2, -0.15) is 0 Å². The third-order valence-corrected chi connectivity index (χ3v) is 7.69. The summed E-state index contributed by atoms with van der Waals surface area (Å²) in [6, 6.07) is 6.08. The van der Waals surface area contributed by atoms with E-state index in [2.05, 4.69) is 11.0 Å². The molecule has 2 unspecified atom stereocenters. The van der Waals surface area contributed by atoms with Gasteiger partial charge in [-0.1, -0.05) is 11.6 Å². The van der Waals surface area contributed by atoms with Crippen molar-refractivity contribution < 1.29 is 19.4 Å². The fourth-order valence-electron chi connectivity index (χ4n) is 6.48. The van der Waals surface area contributed by atoms with Gasteiger partial charge in [0.2, 0.25) is 0 Å². The van der Waals surface area contributed by atoms with Crippen molar-refractivity contribution in [3.63, 3.8) is 0 Å². The van der Waals surface area contributed by atoms with Crippen molar-refractivity contribution in [1.82, 2.24) is 4.90 Å². The van der Waals surface area contributed by atoms with Crippen LogP contribution in [0.2, 0.25) is 0 Å². The number of hydrogen-bond acceptors (Lipinski definition) is 6. The molecule has 3 heterocycles. The second-order valence-electron chi connectivity index (χ2n) is 8.29. The molecule has 148 valence electrons. The average Bonchev–Trinajstić information content (AvgIpc) is 3.08. The number of nitrogens with zero attached hydrogens (tertiary/aromatic N) is 2. The topological polar surface area (TPSA) is 71.4 Å². The van der Waals surface area contributed by atoms with Gasteiger partial charge in [0.15, 0.2) is 0 Å². The lowest BCUT2D eigenvalue weighted by Crippen LogP contribution is -2.74. The molecule has 1 aromatic carbocycles. The molecule has 1 aromatic rings. The van der Waals surface area contributed by atoms with E-state index in [9.17, 15) is 9.90 Å². The van der Waals surface area contributed by atoms with Crippen molar-refractivity contribution in [2.75, 3.05) is 33.9 Å². The van der Waals surface area contributed by atoms with Crippen LogP contribution in [0.25, 0.3) is 0 Å². The molecule has 0 amide bonds. The summed E-state index contributed by atoms with van der Waals surface area (Å²) in [4.78, 5) is 21.0. The molecule has 1 aliphatic carbocycles. The molecule has 28 heavy (non-hydrogen) atoms. The second kappa shape index (κ2) is 5.91. The predicted molar refractivity (Wildman–Crippen MR) is 105 cm³/mol. The second-order valence-corrected chi connectivity index (χ2v) is 8.29. The van der Waals surface area contributed by atoms with E-state index in [0.717, 1.165) is 48.6 Å². The summed E-state index contributed by atoms with van der Waals surface area (Å²) in [6.07, 6.45) is 3.65. The zero-order valence-corrected chi connectivity index (χ0v) is 16.6. The van der Waals surface area contributed by atoms with Crippen molar-refractivity contribution in [2.45, 2.75) is 31.2 Å². The van der Waals surface area contributed by atoms with Gasteiger partial charge in [-0.05, 0) is 43.5 Å². The first-order valence-electron chi connectivity index (χ1n) is 9.93.